The molecule has 0 aliphatic rings. The maximum atomic E-state index is 5.25. The van der Waals surface area contributed by atoms with Gasteiger partial charge in [0.25, 0.3) is 0 Å². The third-order valence-electron chi connectivity index (χ3n) is 3.30. The molecule has 1 aromatic carbocycles. The summed E-state index contributed by atoms with van der Waals surface area (Å²) < 4.78 is 6.61. The highest BCUT2D eigenvalue weighted by Gasteiger charge is 2.17. The van der Waals surface area contributed by atoms with Crippen molar-refractivity contribution in [1.82, 2.24) is 5.32 Å². The van der Waals surface area contributed by atoms with Gasteiger partial charge >= 0.3 is 0 Å². The Bertz CT molecular complexity index is 642. The minimum Gasteiger partial charge on any atom is -0.472 e. The van der Waals surface area contributed by atoms with E-state index in [-0.39, 0.29) is 6.04 Å². The van der Waals surface area contributed by atoms with Gasteiger partial charge in [0.2, 0.25) is 0 Å². The first-order valence-corrected chi connectivity index (χ1v) is 7.49. The smallest absolute Gasteiger partial charge is 0.0953 e. The minimum absolute atomic E-state index is 0.209. The molecule has 1 N–H and O–H groups in total. The largest absolute Gasteiger partial charge is 0.472 e. The summed E-state index contributed by atoms with van der Waals surface area (Å²) in [6.07, 6.45) is 4.69. The summed E-state index contributed by atoms with van der Waals surface area (Å²) in [4.78, 5) is 0. The van der Waals surface area contributed by atoms with E-state index in [1.807, 2.05) is 12.3 Å². The molecule has 1 unspecified atom stereocenters. The van der Waals surface area contributed by atoms with E-state index in [1.54, 1.807) is 17.6 Å². The molecule has 2 aromatic heterocycles. The lowest BCUT2D eigenvalue weighted by Gasteiger charge is -2.18. The van der Waals surface area contributed by atoms with E-state index in [9.17, 15) is 0 Å². The summed E-state index contributed by atoms with van der Waals surface area (Å²) in [7, 11) is 0. The number of rotatable bonds is 5. The predicted octanol–water partition coefficient (Wildman–Crippen LogP) is 4.58. The second kappa shape index (κ2) is 5.59. The molecule has 3 aromatic rings. The number of thiophene rings is 1. The zero-order valence-corrected chi connectivity index (χ0v) is 11.7. The van der Waals surface area contributed by atoms with Gasteiger partial charge in [-0.3, -0.25) is 0 Å². The molecule has 0 saturated carbocycles. The Morgan fingerprint density at radius 2 is 2.21 bits per heavy atom. The quantitative estimate of drug-likeness (QED) is 0.734. The number of nitrogens with one attached hydrogen (secondary N) is 1. The first-order valence-electron chi connectivity index (χ1n) is 6.61. The zero-order chi connectivity index (χ0) is 13.1. The fourth-order valence-corrected chi connectivity index (χ4v) is 3.32. The summed E-state index contributed by atoms with van der Waals surface area (Å²) in [6, 6.07) is 10.9. The Morgan fingerprint density at radius 1 is 1.26 bits per heavy atom. The van der Waals surface area contributed by atoms with Crippen molar-refractivity contribution in [3.8, 4) is 0 Å². The third kappa shape index (κ3) is 2.44. The van der Waals surface area contributed by atoms with Crippen LogP contribution in [0.5, 0.6) is 0 Å². The minimum atomic E-state index is 0.209. The summed E-state index contributed by atoms with van der Waals surface area (Å²) in [6.45, 7) is 3.18. The van der Waals surface area contributed by atoms with Gasteiger partial charge in [0.1, 0.15) is 0 Å². The van der Waals surface area contributed by atoms with Crippen LogP contribution in [0.1, 0.15) is 30.5 Å². The fraction of sp³-hybridized carbons (Fsp3) is 0.250. The van der Waals surface area contributed by atoms with Crippen molar-refractivity contribution in [1.29, 1.82) is 0 Å². The van der Waals surface area contributed by atoms with Gasteiger partial charge in [-0.2, -0.15) is 0 Å². The van der Waals surface area contributed by atoms with Crippen molar-refractivity contribution >= 4 is 21.4 Å². The molecular formula is C16H17NOS. The van der Waals surface area contributed by atoms with Gasteiger partial charge in [-0.25, -0.2) is 0 Å². The van der Waals surface area contributed by atoms with Crippen LogP contribution in [0.25, 0.3) is 10.1 Å². The zero-order valence-electron chi connectivity index (χ0n) is 10.9. The first-order chi connectivity index (χ1) is 9.40. The average Bonchev–Trinajstić information content (AvgIpc) is 3.10. The standard InChI is InChI=1S/C16H17NOS/c1-2-8-17-15(13-6-9-18-11-13)14-5-3-4-12-7-10-19-16(12)14/h3-7,9-11,15,17H,2,8H2,1H3. The van der Waals surface area contributed by atoms with Gasteiger partial charge < -0.3 is 9.73 Å². The van der Waals surface area contributed by atoms with E-state index in [0.717, 1.165) is 13.0 Å². The molecule has 0 aliphatic heterocycles. The average molecular weight is 271 g/mol. The molecule has 2 nitrogen and oxygen atoms in total. The van der Waals surface area contributed by atoms with Crippen LogP contribution in [0, 0.1) is 0 Å². The molecule has 2 heterocycles. The molecule has 0 aliphatic carbocycles. The Hall–Kier alpha value is -1.58. The third-order valence-corrected chi connectivity index (χ3v) is 4.27. The monoisotopic (exact) mass is 271 g/mol. The van der Waals surface area contributed by atoms with Crippen LogP contribution in [0.2, 0.25) is 0 Å². The normalized spacial score (nSPS) is 12.9. The lowest BCUT2D eigenvalue weighted by atomic mass is 10.00. The summed E-state index contributed by atoms with van der Waals surface area (Å²) in [5, 5.41) is 7.08. The molecule has 0 amide bonds. The SMILES string of the molecule is CCCNC(c1ccoc1)c1cccc2ccsc12. The molecule has 1 atom stereocenters. The molecule has 3 rings (SSSR count). The summed E-state index contributed by atoms with van der Waals surface area (Å²) in [5.74, 6) is 0. The van der Waals surface area contributed by atoms with Gasteiger partial charge in [-0.05, 0) is 41.4 Å². The molecule has 19 heavy (non-hydrogen) atoms. The van der Waals surface area contributed by atoms with Crippen molar-refractivity contribution in [2.45, 2.75) is 19.4 Å². The second-order valence-corrected chi connectivity index (χ2v) is 5.55. The highest BCUT2D eigenvalue weighted by atomic mass is 32.1. The summed E-state index contributed by atoms with van der Waals surface area (Å²) >= 11 is 1.80. The molecule has 0 spiro atoms. The van der Waals surface area contributed by atoms with Gasteiger partial charge in [-0.15, -0.1) is 11.3 Å². The number of hydrogen-bond donors (Lipinski definition) is 1. The van der Waals surface area contributed by atoms with Crippen LogP contribution in [0.15, 0.2) is 52.7 Å². The van der Waals surface area contributed by atoms with Crippen molar-refractivity contribution in [3.63, 3.8) is 0 Å². The van der Waals surface area contributed by atoms with Crippen molar-refractivity contribution in [2.24, 2.45) is 0 Å². The van der Waals surface area contributed by atoms with Crippen LogP contribution in [-0.2, 0) is 0 Å². The Morgan fingerprint density at radius 3 is 3.00 bits per heavy atom. The van der Waals surface area contributed by atoms with Gasteiger partial charge in [0, 0.05) is 10.3 Å². The highest BCUT2D eigenvalue weighted by molar-refractivity contribution is 7.17. The van der Waals surface area contributed by atoms with Crippen LogP contribution < -0.4 is 5.32 Å². The molecule has 0 fully saturated rings. The van der Waals surface area contributed by atoms with E-state index < -0.39 is 0 Å². The van der Waals surface area contributed by atoms with E-state index in [4.69, 9.17) is 4.42 Å². The molecule has 98 valence electrons. The number of furan rings is 1. The Kier molecular flexibility index (Phi) is 3.67. The molecule has 0 bridgehead atoms. The topological polar surface area (TPSA) is 25.2 Å². The maximum absolute atomic E-state index is 5.25. The number of fused-ring (bicyclic) bond motifs is 1. The predicted molar refractivity (Wildman–Crippen MR) is 80.7 cm³/mol. The van der Waals surface area contributed by atoms with Crippen LogP contribution in [0.4, 0.5) is 0 Å². The highest BCUT2D eigenvalue weighted by Crippen LogP contribution is 2.32. The Balaban J connectivity index is 2.06. The van der Waals surface area contributed by atoms with E-state index in [2.05, 4.69) is 41.9 Å². The lowest BCUT2D eigenvalue weighted by molar-refractivity contribution is 0.549. The molecule has 0 radical (unpaired) electrons. The molecule has 3 heteroatoms. The first kappa shape index (κ1) is 12.5. The van der Waals surface area contributed by atoms with Crippen molar-refractivity contribution in [3.05, 3.63) is 59.4 Å². The van der Waals surface area contributed by atoms with Gasteiger partial charge in [0.15, 0.2) is 0 Å². The van der Waals surface area contributed by atoms with E-state index >= 15 is 0 Å². The summed E-state index contributed by atoms with van der Waals surface area (Å²) in [5.41, 5.74) is 2.52. The maximum Gasteiger partial charge on any atom is 0.0953 e. The van der Waals surface area contributed by atoms with Crippen LogP contribution in [-0.4, -0.2) is 6.54 Å². The molecule has 0 saturated heterocycles. The van der Waals surface area contributed by atoms with E-state index in [0.29, 0.717) is 0 Å². The van der Waals surface area contributed by atoms with Crippen LogP contribution >= 0.6 is 11.3 Å². The fourth-order valence-electron chi connectivity index (χ4n) is 2.38. The number of hydrogen-bond acceptors (Lipinski definition) is 3. The van der Waals surface area contributed by atoms with Gasteiger partial charge in [0.05, 0.1) is 18.6 Å². The van der Waals surface area contributed by atoms with Crippen LogP contribution in [0.3, 0.4) is 0 Å². The number of benzene rings is 1. The lowest BCUT2D eigenvalue weighted by Crippen LogP contribution is -2.22. The Labute approximate surface area is 117 Å². The van der Waals surface area contributed by atoms with Crippen molar-refractivity contribution in [2.75, 3.05) is 6.54 Å². The van der Waals surface area contributed by atoms with E-state index in [1.165, 1.54) is 21.2 Å². The van der Waals surface area contributed by atoms with Crippen molar-refractivity contribution < 1.29 is 4.42 Å². The second-order valence-electron chi connectivity index (χ2n) is 4.63. The molecular weight excluding hydrogens is 254 g/mol. The van der Waals surface area contributed by atoms with Gasteiger partial charge in [-0.1, -0.05) is 25.1 Å².